The molecule has 0 bridgehead atoms. The SMILES string of the molecule is NC1(C(=O)Nc2ccc(Cl)cc2Cl)CCCCC1. The van der Waals surface area contributed by atoms with Crippen LogP contribution >= 0.6 is 23.2 Å². The van der Waals surface area contributed by atoms with Crippen molar-refractivity contribution < 1.29 is 4.79 Å². The molecule has 0 heterocycles. The molecule has 1 fully saturated rings. The summed E-state index contributed by atoms with van der Waals surface area (Å²) in [5, 5.41) is 3.76. The molecule has 0 radical (unpaired) electrons. The van der Waals surface area contributed by atoms with Crippen molar-refractivity contribution in [2.24, 2.45) is 5.73 Å². The summed E-state index contributed by atoms with van der Waals surface area (Å²) in [6, 6.07) is 4.98. The van der Waals surface area contributed by atoms with Crippen LogP contribution in [0.25, 0.3) is 0 Å². The third-order valence-corrected chi connectivity index (χ3v) is 3.93. The van der Waals surface area contributed by atoms with Crippen LogP contribution in [0.4, 0.5) is 5.69 Å². The molecular weight excluding hydrogens is 271 g/mol. The van der Waals surface area contributed by atoms with Gasteiger partial charge in [-0.05, 0) is 31.0 Å². The molecule has 1 aromatic rings. The minimum absolute atomic E-state index is 0.161. The number of halogens is 2. The number of hydrogen-bond acceptors (Lipinski definition) is 2. The Hall–Kier alpha value is -0.770. The summed E-state index contributed by atoms with van der Waals surface area (Å²) in [6.45, 7) is 0. The first-order chi connectivity index (χ1) is 8.51. The summed E-state index contributed by atoms with van der Waals surface area (Å²) < 4.78 is 0. The number of rotatable bonds is 2. The second kappa shape index (κ2) is 5.47. The van der Waals surface area contributed by atoms with Crippen molar-refractivity contribution in [1.82, 2.24) is 0 Å². The summed E-state index contributed by atoms with van der Waals surface area (Å²) in [7, 11) is 0. The molecule has 18 heavy (non-hydrogen) atoms. The molecule has 2 rings (SSSR count). The van der Waals surface area contributed by atoms with Gasteiger partial charge in [-0.2, -0.15) is 0 Å². The number of nitrogens with two attached hydrogens (primary N) is 1. The second-order valence-electron chi connectivity index (χ2n) is 4.80. The highest BCUT2D eigenvalue weighted by Gasteiger charge is 2.35. The zero-order valence-corrected chi connectivity index (χ0v) is 11.5. The predicted molar refractivity (Wildman–Crippen MR) is 75.1 cm³/mol. The van der Waals surface area contributed by atoms with Crippen LogP contribution in [0.1, 0.15) is 32.1 Å². The first-order valence-electron chi connectivity index (χ1n) is 6.07. The largest absolute Gasteiger partial charge is 0.323 e. The Bertz CT molecular complexity index is 456. The zero-order chi connectivity index (χ0) is 13.2. The average Bonchev–Trinajstić information content (AvgIpc) is 2.33. The topological polar surface area (TPSA) is 55.1 Å². The van der Waals surface area contributed by atoms with Crippen LogP contribution in [0.5, 0.6) is 0 Å². The van der Waals surface area contributed by atoms with Crippen LogP contribution in [-0.4, -0.2) is 11.4 Å². The van der Waals surface area contributed by atoms with Crippen LogP contribution in [0.2, 0.25) is 10.0 Å². The first-order valence-corrected chi connectivity index (χ1v) is 6.82. The van der Waals surface area contributed by atoms with Crippen LogP contribution < -0.4 is 11.1 Å². The maximum Gasteiger partial charge on any atom is 0.244 e. The fraction of sp³-hybridized carbons (Fsp3) is 0.462. The van der Waals surface area contributed by atoms with Crippen LogP contribution in [0.15, 0.2) is 18.2 Å². The molecule has 1 amide bonds. The predicted octanol–water partition coefficient (Wildman–Crippen LogP) is 3.59. The molecule has 98 valence electrons. The highest BCUT2D eigenvalue weighted by atomic mass is 35.5. The van der Waals surface area contributed by atoms with Gasteiger partial charge in [0.2, 0.25) is 5.91 Å². The van der Waals surface area contributed by atoms with Crippen molar-refractivity contribution in [3.8, 4) is 0 Å². The Morgan fingerprint density at radius 2 is 1.89 bits per heavy atom. The number of carbonyl (C=O) groups excluding carboxylic acids is 1. The van der Waals surface area contributed by atoms with Crippen molar-refractivity contribution in [1.29, 1.82) is 0 Å². The molecule has 0 aromatic heterocycles. The zero-order valence-electron chi connectivity index (χ0n) is 10.0. The minimum atomic E-state index is -0.763. The van der Waals surface area contributed by atoms with Crippen molar-refractivity contribution in [2.45, 2.75) is 37.6 Å². The van der Waals surface area contributed by atoms with Gasteiger partial charge in [-0.1, -0.05) is 42.5 Å². The number of benzene rings is 1. The fourth-order valence-corrected chi connectivity index (χ4v) is 2.70. The van der Waals surface area contributed by atoms with Gasteiger partial charge in [0.05, 0.1) is 16.2 Å². The number of anilines is 1. The van der Waals surface area contributed by atoms with Crippen LogP contribution in [0, 0.1) is 0 Å². The highest BCUT2D eigenvalue weighted by molar-refractivity contribution is 6.36. The Balaban J connectivity index is 2.11. The standard InChI is InChI=1S/C13H16Cl2N2O/c14-9-4-5-11(10(15)8-9)17-12(18)13(16)6-2-1-3-7-13/h4-5,8H,1-3,6-7,16H2,(H,17,18). The fourth-order valence-electron chi connectivity index (χ4n) is 2.25. The molecule has 1 aliphatic rings. The van der Waals surface area contributed by atoms with Crippen molar-refractivity contribution in [3.63, 3.8) is 0 Å². The summed E-state index contributed by atoms with van der Waals surface area (Å²) in [5.41, 5.74) is 5.94. The van der Waals surface area contributed by atoms with Gasteiger partial charge in [-0.3, -0.25) is 4.79 Å². The lowest BCUT2D eigenvalue weighted by atomic mass is 9.82. The lowest BCUT2D eigenvalue weighted by molar-refractivity contribution is -0.122. The van der Waals surface area contributed by atoms with E-state index < -0.39 is 5.54 Å². The van der Waals surface area contributed by atoms with E-state index in [1.54, 1.807) is 18.2 Å². The summed E-state index contributed by atoms with van der Waals surface area (Å²) >= 11 is 11.8. The third kappa shape index (κ3) is 2.97. The van der Waals surface area contributed by atoms with E-state index in [0.717, 1.165) is 32.1 Å². The average molecular weight is 287 g/mol. The Labute approximate surface area is 117 Å². The second-order valence-corrected chi connectivity index (χ2v) is 5.64. The molecular formula is C13H16Cl2N2O. The van der Waals surface area contributed by atoms with Crippen LogP contribution in [0.3, 0.4) is 0 Å². The van der Waals surface area contributed by atoms with Gasteiger partial charge in [0.1, 0.15) is 0 Å². The molecule has 0 saturated heterocycles. The molecule has 0 atom stereocenters. The Morgan fingerprint density at radius 1 is 1.22 bits per heavy atom. The van der Waals surface area contributed by atoms with E-state index in [1.807, 2.05) is 0 Å². The molecule has 3 N–H and O–H groups in total. The monoisotopic (exact) mass is 286 g/mol. The Kier molecular flexibility index (Phi) is 4.15. The molecule has 1 aromatic carbocycles. The lowest BCUT2D eigenvalue weighted by Crippen LogP contribution is -2.52. The highest BCUT2D eigenvalue weighted by Crippen LogP contribution is 2.30. The number of hydrogen-bond donors (Lipinski definition) is 2. The number of carbonyl (C=O) groups is 1. The molecule has 5 heteroatoms. The van der Waals surface area contributed by atoms with E-state index in [4.69, 9.17) is 28.9 Å². The van der Waals surface area contributed by atoms with Gasteiger partial charge < -0.3 is 11.1 Å². The van der Waals surface area contributed by atoms with Crippen molar-refractivity contribution >= 4 is 34.8 Å². The lowest BCUT2D eigenvalue weighted by Gasteiger charge is -2.31. The molecule has 0 aliphatic heterocycles. The molecule has 0 spiro atoms. The molecule has 1 aliphatic carbocycles. The Morgan fingerprint density at radius 3 is 2.50 bits per heavy atom. The smallest absolute Gasteiger partial charge is 0.244 e. The quantitative estimate of drug-likeness (QED) is 0.873. The van der Waals surface area contributed by atoms with Gasteiger partial charge in [-0.25, -0.2) is 0 Å². The van der Waals surface area contributed by atoms with E-state index in [-0.39, 0.29) is 5.91 Å². The first kappa shape index (κ1) is 13.7. The number of nitrogens with one attached hydrogen (secondary N) is 1. The molecule has 3 nitrogen and oxygen atoms in total. The third-order valence-electron chi connectivity index (χ3n) is 3.38. The van der Waals surface area contributed by atoms with Crippen molar-refractivity contribution in [3.05, 3.63) is 28.2 Å². The van der Waals surface area contributed by atoms with Gasteiger partial charge in [-0.15, -0.1) is 0 Å². The normalized spacial score (nSPS) is 18.4. The summed E-state index contributed by atoms with van der Waals surface area (Å²) in [6.07, 6.45) is 4.60. The van der Waals surface area contributed by atoms with Gasteiger partial charge in [0.15, 0.2) is 0 Å². The summed E-state index contributed by atoms with van der Waals surface area (Å²) in [5.74, 6) is -0.161. The summed E-state index contributed by atoms with van der Waals surface area (Å²) in [4.78, 5) is 12.2. The van der Waals surface area contributed by atoms with Gasteiger partial charge in [0, 0.05) is 5.02 Å². The van der Waals surface area contributed by atoms with Gasteiger partial charge >= 0.3 is 0 Å². The van der Waals surface area contributed by atoms with E-state index in [9.17, 15) is 4.79 Å². The van der Waals surface area contributed by atoms with Crippen molar-refractivity contribution in [2.75, 3.05) is 5.32 Å². The van der Waals surface area contributed by atoms with Crippen LogP contribution in [-0.2, 0) is 4.79 Å². The van der Waals surface area contributed by atoms with Gasteiger partial charge in [0.25, 0.3) is 0 Å². The van der Waals surface area contributed by atoms with E-state index in [0.29, 0.717) is 15.7 Å². The van der Waals surface area contributed by atoms with E-state index in [1.165, 1.54) is 0 Å². The van der Waals surface area contributed by atoms with E-state index >= 15 is 0 Å². The maximum absolute atomic E-state index is 12.2. The number of amides is 1. The maximum atomic E-state index is 12.2. The van der Waals surface area contributed by atoms with E-state index in [2.05, 4.69) is 5.32 Å². The molecule has 1 saturated carbocycles. The molecule has 0 unspecified atom stereocenters. The minimum Gasteiger partial charge on any atom is -0.323 e.